The Labute approximate surface area is 120 Å². The highest BCUT2D eigenvalue weighted by Crippen LogP contribution is 2.24. The Morgan fingerprint density at radius 2 is 1.45 bits per heavy atom. The first-order valence-electron chi connectivity index (χ1n) is 7.22. The third kappa shape index (κ3) is 2.68. The Morgan fingerprint density at radius 3 is 2.20 bits per heavy atom. The molecule has 20 heavy (non-hydrogen) atoms. The molecule has 0 spiro atoms. The quantitative estimate of drug-likeness (QED) is 0.336. The molecular weight excluding hydrogens is 240 g/mol. The van der Waals surface area contributed by atoms with Gasteiger partial charge in [0.15, 0.2) is 0 Å². The summed E-state index contributed by atoms with van der Waals surface area (Å²) in [4.78, 5) is 0. The van der Waals surface area contributed by atoms with Crippen LogP contribution in [0.4, 0.5) is 0 Å². The molecule has 3 aromatic carbocycles. The van der Waals surface area contributed by atoms with E-state index in [1.807, 2.05) is 0 Å². The van der Waals surface area contributed by atoms with Gasteiger partial charge in [-0.05, 0) is 58.5 Å². The molecule has 0 radical (unpaired) electrons. The van der Waals surface area contributed by atoms with E-state index in [0.717, 1.165) is 19.3 Å². The summed E-state index contributed by atoms with van der Waals surface area (Å²) in [6, 6.07) is 19.9. The monoisotopic (exact) mass is 258 g/mol. The largest absolute Gasteiger partial charge is 0.120 e. The minimum Gasteiger partial charge on any atom is -0.120 e. The van der Waals surface area contributed by atoms with E-state index in [9.17, 15) is 0 Å². The summed E-state index contributed by atoms with van der Waals surface area (Å²) in [5.41, 5.74) is 1.41. The molecule has 0 saturated carbocycles. The molecule has 0 aliphatic carbocycles. The first-order chi connectivity index (χ1) is 9.86. The third-order valence-electron chi connectivity index (χ3n) is 3.81. The van der Waals surface area contributed by atoms with Crippen molar-refractivity contribution in [2.45, 2.75) is 25.7 Å². The van der Waals surface area contributed by atoms with E-state index in [2.05, 4.69) is 60.5 Å². The summed E-state index contributed by atoms with van der Waals surface area (Å²) < 4.78 is 0. The van der Waals surface area contributed by atoms with Gasteiger partial charge in [0.25, 0.3) is 0 Å². The van der Waals surface area contributed by atoms with Crippen molar-refractivity contribution >= 4 is 21.5 Å². The Balaban J connectivity index is 1.90. The van der Waals surface area contributed by atoms with Crippen LogP contribution < -0.4 is 0 Å². The first-order valence-corrected chi connectivity index (χ1v) is 7.22. The Hall–Kier alpha value is -2.26. The molecule has 3 rings (SSSR count). The standard InChI is InChI=1S/C20H18/c1-2-3-4-5-8-16-11-12-19-14-17-9-6-7-10-18(17)15-20(19)13-16/h1,6-7,9-15H,3-5,8H2. The lowest BCUT2D eigenvalue weighted by molar-refractivity contribution is 0.757. The van der Waals surface area contributed by atoms with Gasteiger partial charge in [-0.3, -0.25) is 0 Å². The van der Waals surface area contributed by atoms with Crippen molar-refractivity contribution in [3.63, 3.8) is 0 Å². The average Bonchev–Trinajstić information content (AvgIpc) is 2.49. The summed E-state index contributed by atoms with van der Waals surface area (Å²) in [5, 5.41) is 5.26. The minimum absolute atomic E-state index is 0.887. The maximum atomic E-state index is 5.29. The van der Waals surface area contributed by atoms with E-state index >= 15 is 0 Å². The third-order valence-corrected chi connectivity index (χ3v) is 3.81. The molecule has 0 amide bonds. The van der Waals surface area contributed by atoms with Crippen LogP contribution in [0.1, 0.15) is 24.8 Å². The van der Waals surface area contributed by atoms with Crippen LogP contribution in [0.2, 0.25) is 0 Å². The molecule has 0 heteroatoms. The predicted octanol–water partition coefficient (Wildman–Crippen LogP) is 5.34. The summed E-state index contributed by atoms with van der Waals surface area (Å²) in [6.07, 6.45) is 9.58. The van der Waals surface area contributed by atoms with E-state index in [0.29, 0.717) is 0 Å². The lowest BCUT2D eigenvalue weighted by Gasteiger charge is -2.05. The van der Waals surface area contributed by atoms with Gasteiger partial charge in [-0.15, -0.1) is 12.3 Å². The van der Waals surface area contributed by atoms with Gasteiger partial charge in [0, 0.05) is 6.42 Å². The van der Waals surface area contributed by atoms with Crippen molar-refractivity contribution in [1.82, 2.24) is 0 Å². The zero-order valence-corrected chi connectivity index (χ0v) is 11.6. The molecule has 0 nitrogen and oxygen atoms in total. The Kier molecular flexibility index (Phi) is 3.70. The topological polar surface area (TPSA) is 0 Å². The first kappa shape index (κ1) is 12.8. The SMILES string of the molecule is C#CCCCCc1ccc2cc3ccccc3cc2c1. The van der Waals surface area contributed by atoms with Crippen LogP contribution in [-0.4, -0.2) is 0 Å². The van der Waals surface area contributed by atoms with Crippen molar-refractivity contribution < 1.29 is 0 Å². The molecule has 0 aliphatic heterocycles. The van der Waals surface area contributed by atoms with Crippen LogP contribution in [0.25, 0.3) is 21.5 Å². The number of fused-ring (bicyclic) bond motifs is 2. The maximum absolute atomic E-state index is 5.29. The molecule has 0 bridgehead atoms. The Morgan fingerprint density at radius 1 is 0.750 bits per heavy atom. The second kappa shape index (κ2) is 5.80. The van der Waals surface area contributed by atoms with Crippen LogP contribution in [0.3, 0.4) is 0 Å². The predicted molar refractivity (Wildman–Crippen MR) is 87.8 cm³/mol. The molecule has 98 valence electrons. The maximum Gasteiger partial charge on any atom is 0.00861 e. The number of benzene rings is 3. The molecule has 0 atom stereocenters. The van der Waals surface area contributed by atoms with Gasteiger partial charge in [0.1, 0.15) is 0 Å². The Bertz CT molecular complexity index is 775. The van der Waals surface area contributed by atoms with E-state index in [-0.39, 0.29) is 0 Å². The molecule has 0 aromatic heterocycles. The second-order valence-electron chi connectivity index (χ2n) is 5.29. The van der Waals surface area contributed by atoms with E-state index in [1.54, 1.807) is 0 Å². The number of aryl methyl sites for hydroxylation is 1. The second-order valence-corrected chi connectivity index (χ2v) is 5.29. The van der Waals surface area contributed by atoms with Gasteiger partial charge in [0.05, 0.1) is 0 Å². The van der Waals surface area contributed by atoms with E-state index in [4.69, 9.17) is 6.42 Å². The fourth-order valence-corrected chi connectivity index (χ4v) is 2.70. The van der Waals surface area contributed by atoms with Gasteiger partial charge < -0.3 is 0 Å². The number of hydrogen-bond donors (Lipinski definition) is 0. The van der Waals surface area contributed by atoms with Crippen LogP contribution in [0.5, 0.6) is 0 Å². The van der Waals surface area contributed by atoms with Gasteiger partial charge in [-0.25, -0.2) is 0 Å². The zero-order valence-electron chi connectivity index (χ0n) is 11.6. The summed E-state index contributed by atoms with van der Waals surface area (Å²) in [5.74, 6) is 2.70. The molecule has 0 saturated heterocycles. The normalized spacial score (nSPS) is 10.8. The minimum atomic E-state index is 0.887. The van der Waals surface area contributed by atoms with E-state index < -0.39 is 0 Å². The van der Waals surface area contributed by atoms with Crippen LogP contribution in [-0.2, 0) is 6.42 Å². The smallest absolute Gasteiger partial charge is 0.00861 e. The summed E-state index contributed by atoms with van der Waals surface area (Å²) >= 11 is 0. The molecule has 0 aliphatic rings. The average molecular weight is 258 g/mol. The number of rotatable bonds is 4. The van der Waals surface area contributed by atoms with E-state index in [1.165, 1.54) is 33.5 Å². The van der Waals surface area contributed by atoms with Crippen molar-refractivity contribution in [3.8, 4) is 12.3 Å². The fourth-order valence-electron chi connectivity index (χ4n) is 2.70. The lowest BCUT2D eigenvalue weighted by atomic mass is 9.99. The van der Waals surface area contributed by atoms with Crippen LogP contribution in [0.15, 0.2) is 54.6 Å². The van der Waals surface area contributed by atoms with Gasteiger partial charge in [0.2, 0.25) is 0 Å². The molecule has 0 unspecified atom stereocenters. The summed E-state index contributed by atoms with van der Waals surface area (Å²) in [7, 11) is 0. The highest BCUT2D eigenvalue weighted by Gasteiger charge is 2.00. The number of hydrogen-bond acceptors (Lipinski definition) is 0. The molecular formula is C20H18. The molecule has 0 heterocycles. The van der Waals surface area contributed by atoms with Crippen LogP contribution in [0, 0.1) is 12.3 Å². The molecule has 0 fully saturated rings. The fraction of sp³-hybridized carbons (Fsp3) is 0.200. The van der Waals surface area contributed by atoms with Gasteiger partial charge >= 0.3 is 0 Å². The number of unbranched alkanes of at least 4 members (excludes halogenated alkanes) is 2. The van der Waals surface area contributed by atoms with Crippen LogP contribution >= 0.6 is 0 Å². The van der Waals surface area contributed by atoms with Crippen molar-refractivity contribution in [3.05, 3.63) is 60.2 Å². The highest BCUT2D eigenvalue weighted by atomic mass is 14.0. The molecule has 3 aromatic rings. The number of terminal acetylenes is 1. The zero-order chi connectivity index (χ0) is 13.8. The molecule has 0 N–H and O–H groups in total. The lowest BCUT2D eigenvalue weighted by Crippen LogP contribution is -1.86. The van der Waals surface area contributed by atoms with Gasteiger partial charge in [-0.1, -0.05) is 42.5 Å². The van der Waals surface area contributed by atoms with Crippen molar-refractivity contribution in [2.24, 2.45) is 0 Å². The van der Waals surface area contributed by atoms with Crippen molar-refractivity contribution in [1.29, 1.82) is 0 Å². The summed E-state index contributed by atoms with van der Waals surface area (Å²) in [6.45, 7) is 0. The highest BCUT2D eigenvalue weighted by molar-refractivity contribution is 5.98. The van der Waals surface area contributed by atoms with Crippen molar-refractivity contribution in [2.75, 3.05) is 0 Å². The van der Waals surface area contributed by atoms with Gasteiger partial charge in [-0.2, -0.15) is 0 Å².